The molecule has 0 spiro atoms. The van der Waals surface area contributed by atoms with Crippen LogP contribution in [-0.2, 0) is 21.2 Å². The number of carbonyl (C=O) groups excluding carboxylic acids is 1. The largest absolute Gasteiger partial charge is 0.495 e. The molecule has 0 radical (unpaired) electrons. The van der Waals surface area contributed by atoms with Gasteiger partial charge in [-0.2, -0.15) is 4.31 Å². The smallest absolute Gasteiger partial charge is 0.247 e. The van der Waals surface area contributed by atoms with E-state index in [9.17, 15) is 13.2 Å². The van der Waals surface area contributed by atoms with Crippen molar-refractivity contribution < 1.29 is 27.4 Å². The minimum Gasteiger partial charge on any atom is -0.495 e. The SMILES string of the molecule is COc1ccc(C)cc1S(=O)(=O)N(CCc1ccccc1)CC(=O)Nc1ccc2c(c1)OCCO2. The first kappa shape index (κ1) is 24.6. The molecule has 0 fully saturated rings. The first-order valence-electron chi connectivity index (χ1n) is 11.2. The Morgan fingerprint density at radius 1 is 1.00 bits per heavy atom. The zero-order chi connectivity index (χ0) is 24.8. The van der Waals surface area contributed by atoms with Crippen LogP contribution >= 0.6 is 0 Å². The minimum absolute atomic E-state index is 0.0280. The number of fused-ring (bicyclic) bond motifs is 1. The van der Waals surface area contributed by atoms with Gasteiger partial charge in [-0.3, -0.25) is 4.79 Å². The number of anilines is 1. The fourth-order valence-corrected chi connectivity index (χ4v) is 5.43. The Kier molecular flexibility index (Phi) is 7.57. The summed E-state index contributed by atoms with van der Waals surface area (Å²) in [7, 11) is -2.61. The molecule has 3 aromatic carbocycles. The van der Waals surface area contributed by atoms with Crippen molar-refractivity contribution in [2.75, 3.05) is 38.7 Å². The summed E-state index contributed by atoms with van der Waals surface area (Å²) in [6, 6.07) is 19.6. The van der Waals surface area contributed by atoms with Crippen molar-refractivity contribution in [3.05, 3.63) is 77.9 Å². The van der Waals surface area contributed by atoms with Crippen molar-refractivity contribution in [1.29, 1.82) is 0 Å². The number of sulfonamides is 1. The summed E-state index contributed by atoms with van der Waals surface area (Å²) in [5, 5.41) is 2.77. The molecule has 1 amide bonds. The van der Waals surface area contributed by atoms with E-state index in [1.165, 1.54) is 11.4 Å². The van der Waals surface area contributed by atoms with Crippen LogP contribution in [0, 0.1) is 6.92 Å². The summed E-state index contributed by atoms with van der Waals surface area (Å²) in [6.45, 7) is 2.46. The number of nitrogens with one attached hydrogen (secondary N) is 1. The average molecular weight is 497 g/mol. The molecule has 1 heterocycles. The summed E-state index contributed by atoms with van der Waals surface area (Å²) < 4.78 is 45.0. The van der Waals surface area contributed by atoms with Crippen molar-refractivity contribution in [3.63, 3.8) is 0 Å². The number of hydrogen-bond donors (Lipinski definition) is 1. The Morgan fingerprint density at radius 3 is 2.49 bits per heavy atom. The van der Waals surface area contributed by atoms with Gasteiger partial charge in [-0.25, -0.2) is 8.42 Å². The molecule has 0 bridgehead atoms. The lowest BCUT2D eigenvalue weighted by molar-refractivity contribution is -0.116. The summed E-state index contributed by atoms with van der Waals surface area (Å²) in [4.78, 5) is 13.0. The minimum atomic E-state index is -4.04. The highest BCUT2D eigenvalue weighted by molar-refractivity contribution is 7.89. The number of methoxy groups -OCH3 is 1. The summed E-state index contributed by atoms with van der Waals surface area (Å²) in [5.74, 6) is 0.900. The number of hydrogen-bond acceptors (Lipinski definition) is 6. The van der Waals surface area contributed by atoms with Crippen LogP contribution in [0.25, 0.3) is 0 Å². The fraction of sp³-hybridized carbons (Fsp3) is 0.269. The molecule has 1 aliphatic rings. The van der Waals surface area contributed by atoms with E-state index in [1.807, 2.05) is 30.3 Å². The maximum absolute atomic E-state index is 13.7. The van der Waals surface area contributed by atoms with E-state index in [2.05, 4.69) is 5.32 Å². The van der Waals surface area contributed by atoms with E-state index in [0.717, 1.165) is 11.1 Å². The van der Waals surface area contributed by atoms with Gasteiger partial charge in [0.25, 0.3) is 0 Å². The van der Waals surface area contributed by atoms with Crippen LogP contribution in [0.2, 0.25) is 0 Å². The fourth-order valence-electron chi connectivity index (χ4n) is 3.79. The second-order valence-corrected chi connectivity index (χ2v) is 10.0. The van der Waals surface area contributed by atoms with Gasteiger partial charge >= 0.3 is 0 Å². The van der Waals surface area contributed by atoms with Crippen molar-refractivity contribution in [2.24, 2.45) is 0 Å². The number of aryl methyl sites for hydroxylation is 1. The molecule has 184 valence electrons. The molecule has 1 N–H and O–H groups in total. The summed E-state index contributed by atoms with van der Waals surface area (Å²) in [6.07, 6.45) is 0.450. The van der Waals surface area contributed by atoms with Gasteiger partial charge in [0, 0.05) is 18.3 Å². The lowest BCUT2D eigenvalue weighted by Gasteiger charge is -2.23. The lowest BCUT2D eigenvalue weighted by Crippen LogP contribution is -2.39. The molecule has 0 saturated heterocycles. The van der Waals surface area contributed by atoms with Crippen LogP contribution in [0.5, 0.6) is 17.2 Å². The number of benzene rings is 3. The molecule has 35 heavy (non-hydrogen) atoms. The standard InChI is InChI=1S/C26H28N2O6S/c1-19-8-10-23(32-2)25(16-19)35(30,31)28(13-12-20-6-4-3-5-7-20)18-26(29)27-21-9-11-22-24(17-21)34-15-14-33-22/h3-11,16-17H,12-15,18H2,1-2H3,(H,27,29). The van der Waals surface area contributed by atoms with Gasteiger partial charge < -0.3 is 19.5 Å². The first-order valence-corrected chi connectivity index (χ1v) is 12.7. The number of nitrogens with zero attached hydrogens (tertiary/aromatic N) is 1. The Morgan fingerprint density at radius 2 is 1.74 bits per heavy atom. The van der Waals surface area contributed by atoms with Gasteiger partial charge in [-0.15, -0.1) is 0 Å². The van der Waals surface area contributed by atoms with E-state index >= 15 is 0 Å². The van der Waals surface area contributed by atoms with E-state index in [-0.39, 0.29) is 23.7 Å². The molecule has 4 rings (SSSR count). The molecular weight excluding hydrogens is 468 g/mol. The Bertz CT molecular complexity index is 1290. The molecule has 8 nitrogen and oxygen atoms in total. The van der Waals surface area contributed by atoms with E-state index in [0.29, 0.717) is 36.8 Å². The zero-order valence-electron chi connectivity index (χ0n) is 19.7. The maximum atomic E-state index is 13.7. The van der Waals surface area contributed by atoms with Crippen molar-refractivity contribution in [1.82, 2.24) is 4.31 Å². The highest BCUT2D eigenvalue weighted by atomic mass is 32.2. The number of ether oxygens (including phenoxy) is 3. The highest BCUT2D eigenvalue weighted by Crippen LogP contribution is 2.33. The second kappa shape index (κ2) is 10.8. The lowest BCUT2D eigenvalue weighted by atomic mass is 10.1. The van der Waals surface area contributed by atoms with Crippen molar-refractivity contribution in [2.45, 2.75) is 18.2 Å². The quantitative estimate of drug-likeness (QED) is 0.486. The van der Waals surface area contributed by atoms with Crippen LogP contribution in [0.4, 0.5) is 5.69 Å². The molecule has 0 aromatic heterocycles. The van der Waals surface area contributed by atoms with Crippen LogP contribution in [0.1, 0.15) is 11.1 Å². The maximum Gasteiger partial charge on any atom is 0.247 e. The van der Waals surface area contributed by atoms with Gasteiger partial charge in [0.1, 0.15) is 23.9 Å². The van der Waals surface area contributed by atoms with Gasteiger partial charge in [0.2, 0.25) is 15.9 Å². The number of carbonyl (C=O) groups is 1. The van der Waals surface area contributed by atoms with Gasteiger partial charge in [-0.05, 0) is 48.7 Å². The van der Waals surface area contributed by atoms with Crippen LogP contribution < -0.4 is 19.5 Å². The number of rotatable bonds is 9. The third-order valence-electron chi connectivity index (χ3n) is 5.58. The third kappa shape index (κ3) is 5.93. The third-order valence-corrected chi connectivity index (χ3v) is 7.44. The van der Waals surface area contributed by atoms with Gasteiger partial charge in [-0.1, -0.05) is 36.4 Å². The summed E-state index contributed by atoms with van der Waals surface area (Å²) >= 11 is 0. The number of amides is 1. The molecule has 1 aliphatic heterocycles. The first-order chi connectivity index (χ1) is 16.9. The average Bonchev–Trinajstić information content (AvgIpc) is 2.87. The monoisotopic (exact) mass is 496 g/mol. The molecular formula is C26H28N2O6S. The van der Waals surface area contributed by atoms with Gasteiger partial charge in [0.05, 0.1) is 13.7 Å². The second-order valence-electron chi connectivity index (χ2n) is 8.14. The van der Waals surface area contributed by atoms with Crippen molar-refractivity contribution in [3.8, 4) is 17.2 Å². The molecule has 0 aliphatic carbocycles. The van der Waals surface area contributed by atoms with Gasteiger partial charge in [0.15, 0.2) is 11.5 Å². The summed E-state index contributed by atoms with van der Waals surface area (Å²) in [5.41, 5.74) is 2.23. The Balaban J connectivity index is 1.58. The molecule has 0 saturated carbocycles. The predicted octanol–water partition coefficient (Wildman–Crippen LogP) is 3.65. The van der Waals surface area contributed by atoms with E-state index < -0.39 is 15.9 Å². The van der Waals surface area contributed by atoms with Crippen LogP contribution in [0.15, 0.2) is 71.6 Å². The molecule has 0 unspecified atom stereocenters. The molecule has 9 heteroatoms. The van der Waals surface area contributed by atoms with Crippen molar-refractivity contribution >= 4 is 21.6 Å². The van der Waals surface area contributed by atoms with E-state index in [4.69, 9.17) is 14.2 Å². The Hall–Kier alpha value is -3.56. The Labute approximate surface area is 205 Å². The molecule has 0 atom stereocenters. The topological polar surface area (TPSA) is 94.2 Å². The normalized spacial score (nSPS) is 12.9. The van der Waals surface area contributed by atoms with E-state index in [1.54, 1.807) is 43.3 Å². The predicted molar refractivity (Wildman–Crippen MR) is 133 cm³/mol. The van der Waals surface area contributed by atoms with Crippen LogP contribution in [0.3, 0.4) is 0 Å². The molecule has 3 aromatic rings. The van der Waals surface area contributed by atoms with Crippen LogP contribution in [-0.4, -0.2) is 52.0 Å². The zero-order valence-corrected chi connectivity index (χ0v) is 20.5. The highest BCUT2D eigenvalue weighted by Gasteiger charge is 2.30.